The first-order valence-electron chi connectivity index (χ1n) is 7.78. The van der Waals surface area contributed by atoms with E-state index in [1.54, 1.807) is 12.8 Å². The first-order chi connectivity index (χ1) is 9.33. The molecule has 21 heavy (non-hydrogen) atoms. The molecule has 0 saturated carbocycles. The van der Waals surface area contributed by atoms with Gasteiger partial charge in [-0.1, -0.05) is 104 Å². The van der Waals surface area contributed by atoms with E-state index in [2.05, 4.69) is 89.3 Å². The van der Waals surface area contributed by atoms with E-state index in [4.69, 9.17) is 0 Å². The Labute approximate surface area is 137 Å². The predicted molar refractivity (Wildman–Crippen MR) is 114 cm³/mol. The van der Waals surface area contributed by atoms with Crippen LogP contribution in [0.3, 0.4) is 0 Å². The van der Waals surface area contributed by atoms with Crippen molar-refractivity contribution in [3.8, 4) is 0 Å². The van der Waals surface area contributed by atoms with Crippen LogP contribution in [0.5, 0.6) is 0 Å². The fourth-order valence-electron chi connectivity index (χ4n) is 2.64. The molecule has 0 aliphatic carbocycles. The van der Waals surface area contributed by atoms with E-state index in [1.807, 2.05) is 0 Å². The summed E-state index contributed by atoms with van der Waals surface area (Å²) in [5.41, 5.74) is 1.52. The van der Waals surface area contributed by atoms with Crippen LogP contribution in [-0.4, -0.2) is 28.5 Å². The van der Waals surface area contributed by atoms with Crippen molar-refractivity contribution in [3.63, 3.8) is 0 Å². The Morgan fingerprint density at radius 2 is 1.19 bits per heavy atom. The highest BCUT2D eigenvalue weighted by Gasteiger charge is 2.37. The minimum atomic E-state index is -1.28. The quantitative estimate of drug-likeness (QED) is 0.383. The highest BCUT2D eigenvalue weighted by Crippen LogP contribution is 2.65. The largest absolute Gasteiger partial charge is 0.0852 e. The molecule has 1 aromatic carbocycles. The molecule has 5 heteroatoms. The molecule has 118 valence electrons. The van der Waals surface area contributed by atoms with Crippen molar-refractivity contribution in [2.24, 2.45) is 0 Å². The van der Waals surface area contributed by atoms with E-state index in [0.29, 0.717) is 0 Å². The van der Waals surface area contributed by atoms with Crippen LogP contribution in [0.25, 0.3) is 0 Å². The Bertz CT molecular complexity index is 477. The van der Waals surface area contributed by atoms with Gasteiger partial charge in [-0.2, -0.15) is 0 Å². The van der Waals surface area contributed by atoms with Crippen LogP contribution in [-0.2, 0) is 0 Å². The molecule has 0 spiro atoms. The lowest BCUT2D eigenvalue weighted by Gasteiger charge is -2.38. The molecule has 0 bridgehead atoms. The summed E-state index contributed by atoms with van der Waals surface area (Å²) in [5.74, 6) is 0. The van der Waals surface area contributed by atoms with Gasteiger partial charge >= 0.3 is 0 Å². The fraction of sp³-hybridized carbons (Fsp3) is 0.562. The molecule has 0 aromatic heterocycles. The van der Waals surface area contributed by atoms with Crippen molar-refractivity contribution in [2.75, 3.05) is 0 Å². The molecule has 0 aliphatic heterocycles. The molecule has 0 N–H and O–H groups in total. The van der Waals surface area contributed by atoms with Gasteiger partial charge in [0.1, 0.15) is 0 Å². The van der Waals surface area contributed by atoms with Gasteiger partial charge in [0.05, 0.1) is 23.6 Å². The van der Waals surface area contributed by atoms with Crippen molar-refractivity contribution < 1.29 is 0 Å². The lowest BCUT2D eigenvalue weighted by atomic mass is 10.2. The Morgan fingerprint density at radius 1 is 0.762 bits per heavy atom. The molecule has 0 amide bonds. The van der Waals surface area contributed by atoms with Crippen molar-refractivity contribution in [2.45, 2.75) is 58.9 Å². The first-order valence-corrected chi connectivity index (χ1v) is 22.9. The van der Waals surface area contributed by atoms with Crippen molar-refractivity contribution in [1.29, 1.82) is 0 Å². The van der Waals surface area contributed by atoms with Crippen LogP contribution in [0.15, 0.2) is 30.3 Å². The van der Waals surface area contributed by atoms with Crippen LogP contribution in [0.4, 0.5) is 0 Å². The van der Waals surface area contributed by atoms with Crippen molar-refractivity contribution >= 4 is 43.1 Å². The van der Waals surface area contributed by atoms with Gasteiger partial charge in [0.15, 0.2) is 0 Å². The van der Waals surface area contributed by atoms with Gasteiger partial charge in [0.25, 0.3) is 0 Å². The van der Waals surface area contributed by atoms with Gasteiger partial charge in [-0.15, -0.1) is 0 Å². The summed E-state index contributed by atoms with van der Waals surface area (Å²) in [6, 6.07) is 11.2. The maximum Gasteiger partial charge on any atom is 0.0842 e. The normalized spacial score (nSPS) is 14.7. The molecule has 0 radical (unpaired) electrons. The average molecular weight is 371 g/mol. The zero-order valence-corrected chi connectivity index (χ0v) is 20.1. The molecule has 0 fully saturated rings. The van der Waals surface area contributed by atoms with E-state index >= 15 is 0 Å². The Morgan fingerprint density at radius 3 is 1.52 bits per heavy atom. The van der Waals surface area contributed by atoms with Crippen molar-refractivity contribution in [1.82, 2.24) is 0 Å². The van der Waals surface area contributed by atoms with E-state index in [1.165, 1.54) is 5.56 Å². The van der Waals surface area contributed by atoms with Gasteiger partial charge in [0, 0.05) is 0 Å². The lowest BCUT2D eigenvalue weighted by molar-refractivity contribution is 1.67. The fourth-order valence-corrected chi connectivity index (χ4v) is 47.4. The predicted octanol–water partition coefficient (Wildman–Crippen LogP) is 7.10. The summed E-state index contributed by atoms with van der Waals surface area (Å²) in [5, 5.41) is 0. The summed E-state index contributed by atoms with van der Waals surface area (Å²) < 4.78 is 0. The van der Waals surface area contributed by atoms with Crippen LogP contribution in [0.2, 0.25) is 58.9 Å². The molecular weight excluding hydrogens is 338 g/mol. The highest BCUT2D eigenvalue weighted by atomic mass is 32.3. The van der Waals surface area contributed by atoms with Crippen LogP contribution in [0, 0.1) is 0 Å². The molecule has 0 unspecified atom stereocenters. The van der Waals surface area contributed by atoms with Crippen LogP contribution < -0.4 is 0 Å². The summed E-state index contributed by atoms with van der Waals surface area (Å²) in [6.45, 7) is 23.3. The summed E-state index contributed by atoms with van der Waals surface area (Å²) >= 11 is 0. The zero-order chi connectivity index (χ0) is 16.5. The van der Waals surface area contributed by atoms with Crippen LogP contribution >= 0.6 is 14.6 Å². The van der Waals surface area contributed by atoms with Crippen LogP contribution in [0.1, 0.15) is 5.56 Å². The Kier molecular flexibility index (Phi) is 6.44. The second-order valence-corrected chi connectivity index (χ2v) is 40.2. The lowest BCUT2D eigenvalue weighted by Crippen LogP contribution is -2.35. The SMILES string of the molecule is C[Si](C)(C)C(=PP([Si](C)(C)C)[Si](C)(C)C)c1ccccc1. The van der Waals surface area contributed by atoms with Gasteiger partial charge < -0.3 is 0 Å². The summed E-state index contributed by atoms with van der Waals surface area (Å²) in [4.78, 5) is 1.79. The molecule has 0 atom stereocenters. The highest BCUT2D eigenvalue weighted by molar-refractivity contribution is 8.52. The minimum absolute atomic E-state index is 0.178. The maximum absolute atomic E-state index is 2.59. The minimum Gasteiger partial charge on any atom is -0.0852 e. The van der Waals surface area contributed by atoms with E-state index < -0.39 is 23.6 Å². The third kappa shape index (κ3) is 5.88. The van der Waals surface area contributed by atoms with E-state index in [9.17, 15) is 0 Å². The monoisotopic (exact) mass is 370 g/mol. The third-order valence-corrected chi connectivity index (χ3v) is 44.5. The standard InChI is InChI=1S/C16H32P2Si3/c1-19(2,3)16(15-13-11-10-12-14-15)17-18(20(4,5)6)21(7,8)9/h10-14H,1-9H3. The van der Waals surface area contributed by atoms with E-state index in [0.717, 1.165) is 0 Å². The molecule has 0 nitrogen and oxygen atoms in total. The van der Waals surface area contributed by atoms with E-state index in [-0.39, 0.29) is 6.71 Å². The first kappa shape index (κ1) is 19.5. The third-order valence-electron chi connectivity index (χ3n) is 3.23. The molecule has 1 aromatic rings. The molecule has 1 rings (SSSR count). The number of rotatable bonds is 5. The number of hydrogen-bond donors (Lipinski definition) is 0. The molecule has 0 aliphatic rings. The summed E-state index contributed by atoms with van der Waals surface area (Å²) in [7, 11) is -1.72. The second kappa shape index (κ2) is 6.93. The second-order valence-electron chi connectivity index (χ2n) is 8.72. The molecular formula is C16H32P2Si3. The molecule has 0 saturated heterocycles. The smallest absolute Gasteiger partial charge is 0.0842 e. The maximum atomic E-state index is 2.59. The van der Waals surface area contributed by atoms with Gasteiger partial charge in [-0.3, -0.25) is 0 Å². The topological polar surface area (TPSA) is 0 Å². The number of hydrogen-bond acceptors (Lipinski definition) is 0. The van der Waals surface area contributed by atoms with Gasteiger partial charge in [-0.25, -0.2) is 0 Å². The molecule has 0 heterocycles. The summed E-state index contributed by atoms with van der Waals surface area (Å²) in [6.07, 6.45) is 0. The Balaban J connectivity index is 3.44. The zero-order valence-electron chi connectivity index (χ0n) is 15.3. The van der Waals surface area contributed by atoms with Gasteiger partial charge in [-0.05, 0) is 10.5 Å². The Hall–Kier alpha value is 0.471. The average Bonchev–Trinajstić information content (AvgIpc) is 2.25. The number of benzene rings is 1. The van der Waals surface area contributed by atoms with Gasteiger partial charge in [0.2, 0.25) is 0 Å². The van der Waals surface area contributed by atoms with Crippen molar-refractivity contribution in [3.05, 3.63) is 35.9 Å².